The predicted octanol–water partition coefficient (Wildman–Crippen LogP) is 4.23. The highest BCUT2D eigenvalue weighted by molar-refractivity contribution is 6.07. The minimum absolute atomic E-state index is 0.0148. The first kappa shape index (κ1) is 26.9. The molecule has 0 unspecified atom stereocenters. The van der Waals surface area contributed by atoms with Gasteiger partial charge in [-0.2, -0.15) is 5.26 Å². The van der Waals surface area contributed by atoms with Gasteiger partial charge < -0.3 is 11.1 Å². The predicted molar refractivity (Wildman–Crippen MR) is 143 cm³/mol. The molecule has 4 rings (SSSR count). The molecular formula is C29H31FN6O2. The van der Waals surface area contributed by atoms with Crippen molar-refractivity contribution < 1.29 is 9.18 Å². The van der Waals surface area contributed by atoms with Crippen LogP contribution in [0.4, 0.5) is 4.39 Å². The SMILES string of the molecule is CCC(C#N)(CC)n1cc(-c2cnc(C)c(C(=O)C=C(N)c3ccc(CNC4CC4)cc3F)n2)ccc1=O. The van der Waals surface area contributed by atoms with E-state index in [2.05, 4.69) is 21.4 Å². The molecule has 0 saturated heterocycles. The summed E-state index contributed by atoms with van der Waals surface area (Å²) in [4.78, 5) is 34.5. The number of ketones is 1. The third-order valence-corrected chi connectivity index (χ3v) is 7.04. The van der Waals surface area contributed by atoms with Gasteiger partial charge in [-0.25, -0.2) is 9.37 Å². The zero-order chi connectivity index (χ0) is 27.4. The van der Waals surface area contributed by atoms with Gasteiger partial charge in [-0.15, -0.1) is 0 Å². The van der Waals surface area contributed by atoms with E-state index in [1.54, 1.807) is 31.3 Å². The number of hydrogen-bond donors (Lipinski definition) is 2. The second kappa shape index (κ2) is 11.1. The van der Waals surface area contributed by atoms with E-state index in [0.717, 1.165) is 24.5 Å². The van der Waals surface area contributed by atoms with Crippen molar-refractivity contribution in [3.8, 4) is 17.3 Å². The van der Waals surface area contributed by atoms with E-state index in [1.165, 1.54) is 22.9 Å². The number of nitriles is 1. The molecule has 1 aliphatic carbocycles. The smallest absolute Gasteiger partial charge is 0.251 e. The fourth-order valence-corrected chi connectivity index (χ4v) is 4.34. The third-order valence-electron chi connectivity index (χ3n) is 7.04. The quantitative estimate of drug-likeness (QED) is 0.306. The van der Waals surface area contributed by atoms with E-state index < -0.39 is 17.1 Å². The highest BCUT2D eigenvalue weighted by Gasteiger charge is 2.29. The summed E-state index contributed by atoms with van der Waals surface area (Å²) in [7, 11) is 0. The average molecular weight is 515 g/mol. The van der Waals surface area contributed by atoms with Crippen molar-refractivity contribution in [3.63, 3.8) is 0 Å². The van der Waals surface area contributed by atoms with Gasteiger partial charge in [0.05, 0.1) is 23.7 Å². The van der Waals surface area contributed by atoms with Crippen LogP contribution in [0.2, 0.25) is 0 Å². The molecule has 3 N–H and O–H groups in total. The maximum Gasteiger partial charge on any atom is 0.251 e. The summed E-state index contributed by atoms with van der Waals surface area (Å²) in [6.45, 7) is 5.93. The largest absolute Gasteiger partial charge is 0.398 e. The number of carbonyl (C=O) groups excluding carboxylic acids is 1. The van der Waals surface area contributed by atoms with Crippen LogP contribution in [0.25, 0.3) is 17.0 Å². The summed E-state index contributed by atoms with van der Waals surface area (Å²) in [6.07, 6.45) is 7.41. The Balaban J connectivity index is 1.63. The Labute approximate surface area is 221 Å². The van der Waals surface area contributed by atoms with Crippen LogP contribution in [0.1, 0.15) is 66.8 Å². The van der Waals surface area contributed by atoms with Gasteiger partial charge in [0.2, 0.25) is 5.78 Å². The maximum atomic E-state index is 14.8. The molecule has 0 spiro atoms. The van der Waals surface area contributed by atoms with Crippen molar-refractivity contribution >= 4 is 11.5 Å². The standard InChI is InChI=1S/C29H31FN6O2/c1-4-29(5-2,17-31)36-16-20(7-11-27(36)38)25-15-33-18(3)28(35-25)26(37)13-24(32)22-10-6-19(12-23(22)30)14-34-21-8-9-21/h6-7,10-13,15-16,21,34H,4-5,8-9,14,32H2,1-3H3. The molecule has 196 valence electrons. The maximum absolute atomic E-state index is 14.8. The van der Waals surface area contributed by atoms with E-state index in [9.17, 15) is 19.2 Å². The molecule has 1 aromatic carbocycles. The van der Waals surface area contributed by atoms with Crippen LogP contribution >= 0.6 is 0 Å². The van der Waals surface area contributed by atoms with Crippen LogP contribution in [-0.4, -0.2) is 26.4 Å². The molecule has 0 bridgehead atoms. The Morgan fingerprint density at radius 3 is 2.66 bits per heavy atom. The van der Waals surface area contributed by atoms with Gasteiger partial charge in [0.25, 0.3) is 5.56 Å². The highest BCUT2D eigenvalue weighted by Crippen LogP contribution is 2.26. The number of nitrogens with one attached hydrogen (secondary N) is 1. The first-order valence-corrected chi connectivity index (χ1v) is 12.7. The molecule has 38 heavy (non-hydrogen) atoms. The van der Waals surface area contributed by atoms with E-state index in [4.69, 9.17) is 5.73 Å². The molecule has 1 aliphatic rings. The average Bonchev–Trinajstić information content (AvgIpc) is 3.74. The number of pyridine rings is 1. The number of nitrogens with two attached hydrogens (primary N) is 1. The van der Waals surface area contributed by atoms with Crippen LogP contribution in [0.5, 0.6) is 0 Å². The normalized spacial score (nSPS) is 13.8. The van der Waals surface area contributed by atoms with Gasteiger partial charge in [-0.05, 0) is 56.4 Å². The van der Waals surface area contributed by atoms with Crippen molar-refractivity contribution in [2.75, 3.05) is 0 Å². The summed E-state index contributed by atoms with van der Waals surface area (Å²) >= 11 is 0. The summed E-state index contributed by atoms with van der Waals surface area (Å²) < 4.78 is 16.2. The molecule has 8 nitrogen and oxygen atoms in total. The molecule has 2 heterocycles. The lowest BCUT2D eigenvalue weighted by molar-refractivity contribution is 0.104. The third kappa shape index (κ3) is 5.55. The van der Waals surface area contributed by atoms with E-state index >= 15 is 0 Å². The lowest BCUT2D eigenvalue weighted by atomic mass is 9.94. The van der Waals surface area contributed by atoms with Crippen LogP contribution < -0.4 is 16.6 Å². The first-order valence-electron chi connectivity index (χ1n) is 12.7. The number of allylic oxidation sites excluding steroid dienone is 1. The summed E-state index contributed by atoms with van der Waals surface area (Å²) in [5.41, 5.74) is 7.08. The van der Waals surface area contributed by atoms with Crippen LogP contribution in [-0.2, 0) is 12.1 Å². The van der Waals surface area contributed by atoms with Gasteiger partial charge in [-0.3, -0.25) is 19.1 Å². The molecule has 2 aromatic heterocycles. The molecular weight excluding hydrogens is 483 g/mol. The Morgan fingerprint density at radius 2 is 2.03 bits per heavy atom. The number of nitrogens with zero attached hydrogens (tertiary/aromatic N) is 4. The van der Waals surface area contributed by atoms with Crippen molar-refractivity contribution in [2.45, 2.75) is 64.6 Å². The topological polar surface area (TPSA) is 127 Å². The lowest BCUT2D eigenvalue weighted by Crippen LogP contribution is -2.38. The Kier molecular flexibility index (Phi) is 7.83. The van der Waals surface area contributed by atoms with Gasteiger partial charge >= 0.3 is 0 Å². The zero-order valence-corrected chi connectivity index (χ0v) is 21.8. The number of benzene rings is 1. The molecule has 0 atom stereocenters. The minimum atomic E-state index is -0.991. The molecule has 1 saturated carbocycles. The monoisotopic (exact) mass is 514 g/mol. The van der Waals surface area contributed by atoms with Crippen molar-refractivity contribution in [1.29, 1.82) is 5.26 Å². The highest BCUT2D eigenvalue weighted by atomic mass is 19.1. The number of aryl methyl sites for hydroxylation is 1. The fraction of sp³-hybridized carbons (Fsp3) is 0.345. The van der Waals surface area contributed by atoms with Crippen molar-refractivity contribution in [1.82, 2.24) is 19.9 Å². The van der Waals surface area contributed by atoms with E-state index in [-0.39, 0.29) is 22.5 Å². The van der Waals surface area contributed by atoms with E-state index in [0.29, 0.717) is 42.4 Å². The fourth-order valence-electron chi connectivity index (χ4n) is 4.34. The molecule has 1 fully saturated rings. The molecule has 0 amide bonds. The number of rotatable bonds is 10. The molecule has 3 aromatic rings. The van der Waals surface area contributed by atoms with Crippen molar-refractivity contribution in [2.24, 2.45) is 5.73 Å². The lowest BCUT2D eigenvalue weighted by Gasteiger charge is -2.26. The summed E-state index contributed by atoms with van der Waals surface area (Å²) in [6, 6.07) is 10.5. The van der Waals surface area contributed by atoms with E-state index in [1.807, 2.05) is 13.8 Å². The molecule has 0 radical (unpaired) electrons. The van der Waals surface area contributed by atoms with Crippen LogP contribution in [0.15, 0.2) is 53.6 Å². The number of aromatic nitrogens is 3. The van der Waals surface area contributed by atoms with Crippen molar-refractivity contribution in [3.05, 3.63) is 87.5 Å². The van der Waals surface area contributed by atoms with Gasteiger partial charge in [-0.1, -0.05) is 19.9 Å². The van der Waals surface area contributed by atoms with Gasteiger partial charge in [0.15, 0.2) is 0 Å². The Bertz CT molecular complexity index is 1500. The number of hydrogen-bond acceptors (Lipinski definition) is 7. The second-order valence-corrected chi connectivity index (χ2v) is 9.60. The number of halogens is 1. The van der Waals surface area contributed by atoms with Crippen LogP contribution in [0.3, 0.4) is 0 Å². The Hall–Kier alpha value is -4.16. The zero-order valence-electron chi connectivity index (χ0n) is 21.8. The second-order valence-electron chi connectivity index (χ2n) is 9.60. The summed E-state index contributed by atoms with van der Waals surface area (Å²) in [5.74, 6) is -1.02. The summed E-state index contributed by atoms with van der Waals surface area (Å²) in [5, 5.41) is 13.1. The first-order chi connectivity index (χ1) is 18.2. The molecule has 0 aliphatic heterocycles. The number of carbonyl (C=O) groups is 1. The molecule has 9 heteroatoms. The van der Waals surface area contributed by atoms with Gasteiger partial charge in [0.1, 0.15) is 17.1 Å². The minimum Gasteiger partial charge on any atom is -0.398 e. The van der Waals surface area contributed by atoms with Crippen LogP contribution in [0, 0.1) is 24.1 Å². The Morgan fingerprint density at radius 1 is 1.29 bits per heavy atom. The van der Waals surface area contributed by atoms with Gasteiger partial charge in [0, 0.05) is 47.7 Å².